The number of aliphatic hydroxyl groups is 6. The smallest absolute Gasteiger partial charge is 0.462 e. The van der Waals surface area contributed by atoms with Gasteiger partial charge < -0.3 is 125 Å². The molecular formula is C95H142FeO28+2. The molecule has 8 fully saturated rings. The van der Waals surface area contributed by atoms with E-state index in [-0.39, 0.29) is 102 Å². The number of rotatable bonds is 15. The number of ether oxygens (including phenoxy) is 20. The van der Waals surface area contributed by atoms with Crippen molar-refractivity contribution in [3.05, 3.63) is 119 Å². The zero-order valence-electron chi connectivity index (χ0n) is 76.1. The molecule has 29 heteroatoms. The van der Waals surface area contributed by atoms with Crippen molar-refractivity contribution in [2.75, 3.05) is 41.7 Å². The number of fused-ring (bicyclic) bond motifs is 4. The van der Waals surface area contributed by atoms with Gasteiger partial charge >= 0.3 is 29.0 Å². The molecule has 2 spiro atoms. The summed E-state index contributed by atoms with van der Waals surface area (Å²) in [5.74, 6) is -5.18. The van der Waals surface area contributed by atoms with E-state index in [1.807, 2.05) is 64.2 Å². The summed E-state index contributed by atoms with van der Waals surface area (Å²) in [7, 11) is 6.44. The molecule has 12 aliphatic heterocycles. The second-order valence-corrected chi connectivity index (χ2v) is 37.8. The fourth-order valence-corrected chi connectivity index (χ4v) is 21.0. The van der Waals surface area contributed by atoms with E-state index in [1.54, 1.807) is 80.4 Å². The van der Waals surface area contributed by atoms with Gasteiger partial charge in [0.05, 0.1) is 98.7 Å². The Labute approximate surface area is 743 Å². The van der Waals surface area contributed by atoms with E-state index in [1.165, 1.54) is 0 Å². The van der Waals surface area contributed by atoms with Crippen molar-refractivity contribution in [3.8, 4) is 0 Å². The Bertz CT molecular complexity index is 3930. The van der Waals surface area contributed by atoms with Crippen LogP contribution in [0, 0.1) is 47.3 Å². The van der Waals surface area contributed by atoms with Crippen LogP contribution in [0.1, 0.15) is 181 Å². The summed E-state index contributed by atoms with van der Waals surface area (Å²) < 4.78 is 127. The first-order valence-electron chi connectivity index (χ1n) is 45.2. The molecule has 0 aromatic carbocycles. The van der Waals surface area contributed by atoms with Crippen molar-refractivity contribution in [1.29, 1.82) is 0 Å². The van der Waals surface area contributed by atoms with Crippen LogP contribution in [0.4, 0.5) is 0 Å². The quantitative estimate of drug-likeness (QED) is 0.0504. The largest absolute Gasteiger partial charge is 2.00 e. The van der Waals surface area contributed by atoms with E-state index in [4.69, 9.17) is 94.7 Å². The van der Waals surface area contributed by atoms with Crippen LogP contribution >= 0.6 is 0 Å². The van der Waals surface area contributed by atoms with Crippen molar-refractivity contribution < 1.29 is 152 Å². The molecule has 0 radical (unpaired) electrons. The summed E-state index contributed by atoms with van der Waals surface area (Å²) in [5, 5.41) is 68.4. The Hall–Kier alpha value is -4.10. The van der Waals surface area contributed by atoms with Crippen molar-refractivity contribution in [3.63, 3.8) is 0 Å². The molecule has 6 N–H and O–H groups in total. The van der Waals surface area contributed by atoms with Gasteiger partial charge in [0, 0.05) is 103 Å². The molecule has 14 aliphatic rings. The maximum absolute atomic E-state index is 14.3. The molecule has 0 saturated carbocycles. The van der Waals surface area contributed by atoms with Gasteiger partial charge in [-0.3, -0.25) is 9.59 Å². The van der Waals surface area contributed by atoms with Crippen LogP contribution in [0.15, 0.2) is 119 Å². The molecule has 0 unspecified atom stereocenters. The minimum atomic E-state index is -1.84. The molecule has 12 heterocycles. The maximum Gasteiger partial charge on any atom is 2.00 e. The van der Waals surface area contributed by atoms with Crippen LogP contribution in [0.5, 0.6) is 0 Å². The minimum absolute atomic E-state index is 0. The normalized spacial score (nSPS) is 48.8. The predicted octanol–water partition coefficient (Wildman–Crippen LogP) is 10.4. The van der Waals surface area contributed by atoms with Gasteiger partial charge in [0.2, 0.25) is 0 Å². The summed E-state index contributed by atoms with van der Waals surface area (Å²) in [6, 6.07) is 0. The second kappa shape index (κ2) is 41.8. The Balaban J connectivity index is 0.000000224. The van der Waals surface area contributed by atoms with E-state index < -0.39 is 182 Å². The zero-order chi connectivity index (χ0) is 88.6. The number of carbonyl (C=O) groups is 2. The molecule has 8 saturated heterocycles. The number of aliphatic hydroxyl groups excluding tert-OH is 4. The molecule has 28 nitrogen and oxygen atoms in total. The topological polar surface area (TPSA) is 340 Å². The van der Waals surface area contributed by atoms with Gasteiger partial charge in [0.25, 0.3) is 0 Å². The van der Waals surface area contributed by atoms with Crippen LogP contribution in [0.2, 0.25) is 0 Å². The molecule has 2 aliphatic carbocycles. The monoisotopic (exact) mass is 1790 g/mol. The SMILES string of the molecule is CC[C@H](C)[C@H]1O[C@]2(C=C[C@@H]1C)C[C@@H]1C[C@@H](C/C=C(\C)[C@@H](O[C@H]3C[C@H](OC)[C@@H](O[C@H]4C[C@H](OC)[C@@H](O)[C@H](C)O4)[C@H](C)O3)[C@@H](C)/C=C/C=C3\CO[C@@H]4[C@H](O)C(C)=C[C@@H](C(=O)O1)[C@]34O)O2.CO[C@H]1C[C@H](O[C@H]2[C@H](C)O[C@@H](O[C@@H]3/C(C)=C/C[C@@H]4C[C@@H](C[C@]5(C=C[C@H](C)[C@@H](C(C)C)O5)O4)OC(=O)[C@@H]4C=C(C)[C@@H](O)[C@H]5OC/C(=C\C=C\[C@@H]3C)[C@]54O)C[C@@H]2OC)O[C@@H](C)[C@@H]1O.[Fe+2]. The maximum atomic E-state index is 14.3. The Morgan fingerprint density at radius 3 is 1.22 bits per heavy atom. The van der Waals surface area contributed by atoms with E-state index >= 15 is 0 Å². The zero-order valence-corrected chi connectivity index (χ0v) is 77.2. The molecule has 4 bridgehead atoms. The average Bonchev–Trinajstić information content (AvgIpc) is 1.55. The van der Waals surface area contributed by atoms with Gasteiger partial charge in [0.15, 0.2) is 36.7 Å². The van der Waals surface area contributed by atoms with E-state index in [0.29, 0.717) is 86.5 Å². The van der Waals surface area contributed by atoms with Crippen LogP contribution in [0.3, 0.4) is 0 Å². The number of hydrogen-bond donors (Lipinski definition) is 6. The van der Waals surface area contributed by atoms with Crippen molar-refractivity contribution >= 4 is 11.9 Å². The number of methoxy groups -OCH3 is 4. The standard InChI is InChI=1S/C48H72O14.C47H70O14.Fe/c1-11-25(2)43-28(5)17-18-47(62-43)23-34-20-33(61-47)16-15-27(4)42(26(3)13-12-14-32-24-55-45-40(49)29(6)19-35(46(51)58-34)48(32,45)52)59-39-22-37(54-10)44(31(8)57-39)60-38-21-36(53-9)41(50)30(7)56-38;1-24(2)41-27(5)16-17-46(61-41)22-33-19-32(60-46)15-14-26(4)42(25(3)12-11-13-31-23-54-44-39(48)28(6)18-34(45(50)57-33)47(31,44)51)58-38-21-36(53-10)43(30(8)56-38)59-37-20-35(52-9)40(49)29(7)55-37;/h12-15,17-19,25-26,28,30-31,33-45,49-50,52H,11,16,20-24H2,1-10H3;11-14,16-18,24-25,27,29-30,32-44,48-49,51H,15,19-23H2,1-10H3;/q;;+2/b13-12+,27-15+,32-14+;12-11+,26-14+,31-13+;/t25-,26-,28-,30-,31-,33+,34-,35-,36-,37-,38-,39-,40+,41-,42-,43+,44-,45+,47+,48+;25-,27-,29-,30-,32+,33-,34-,35-,36-,37-,38-,39+,40-,41+,42-,43-,44+,46+,47+;/m00./s1. The number of esters is 2. The molecule has 39 atom stereocenters. The summed E-state index contributed by atoms with van der Waals surface area (Å²) in [5.41, 5.74) is 0.263. The van der Waals surface area contributed by atoms with Gasteiger partial charge in [-0.1, -0.05) is 135 Å². The Morgan fingerprint density at radius 1 is 0.460 bits per heavy atom. The Kier molecular flexibility index (Phi) is 33.3. The van der Waals surface area contributed by atoms with Crippen LogP contribution in [-0.4, -0.2) is 279 Å². The Morgan fingerprint density at radius 2 is 0.831 bits per heavy atom. The number of hydrogen-bond acceptors (Lipinski definition) is 28. The first kappa shape index (κ1) is 98.9. The van der Waals surface area contributed by atoms with E-state index in [9.17, 15) is 40.2 Å². The minimum Gasteiger partial charge on any atom is -0.462 e. The molecule has 0 amide bonds. The first-order valence-corrected chi connectivity index (χ1v) is 45.2. The van der Waals surface area contributed by atoms with Crippen LogP contribution < -0.4 is 0 Å². The summed E-state index contributed by atoms with van der Waals surface area (Å²) in [6.45, 7) is 32.1. The van der Waals surface area contributed by atoms with Gasteiger partial charge in [-0.15, -0.1) is 0 Å². The van der Waals surface area contributed by atoms with Crippen molar-refractivity contribution in [1.82, 2.24) is 0 Å². The average molecular weight is 1790 g/mol. The molecule has 14 rings (SSSR count). The molecular weight excluding hydrogens is 1640 g/mol. The predicted molar refractivity (Wildman–Crippen MR) is 450 cm³/mol. The summed E-state index contributed by atoms with van der Waals surface area (Å²) in [6.07, 6.45) is 16.1. The third-order valence-electron chi connectivity index (χ3n) is 28.5. The third kappa shape index (κ3) is 21.2. The fraction of sp³-hybridized carbons (Fsp3) is 0.768. The number of allylic oxidation sites excluding steroid dienone is 4. The number of carbonyl (C=O) groups excluding carboxylic acids is 2. The third-order valence-corrected chi connectivity index (χ3v) is 28.5. The van der Waals surface area contributed by atoms with Gasteiger partial charge in [0.1, 0.15) is 84.1 Å². The summed E-state index contributed by atoms with van der Waals surface area (Å²) in [4.78, 5) is 28.6. The van der Waals surface area contributed by atoms with Crippen molar-refractivity contribution in [2.24, 2.45) is 47.3 Å². The van der Waals surface area contributed by atoms with Crippen LogP contribution in [-0.2, 0) is 121 Å². The van der Waals surface area contributed by atoms with Gasteiger partial charge in [-0.05, 0) is 126 Å². The van der Waals surface area contributed by atoms with Crippen LogP contribution in [0.25, 0.3) is 0 Å². The van der Waals surface area contributed by atoms with Gasteiger partial charge in [-0.25, -0.2) is 0 Å². The summed E-state index contributed by atoms with van der Waals surface area (Å²) >= 11 is 0. The first-order chi connectivity index (χ1) is 58.5. The second-order valence-electron chi connectivity index (χ2n) is 37.8. The van der Waals surface area contributed by atoms with Crippen molar-refractivity contribution in [2.45, 2.75) is 376 Å². The molecule has 0 aromatic rings. The fourth-order valence-electron chi connectivity index (χ4n) is 21.0. The van der Waals surface area contributed by atoms with E-state index in [2.05, 4.69) is 79.7 Å². The van der Waals surface area contributed by atoms with Gasteiger partial charge in [-0.2, -0.15) is 0 Å². The molecule has 124 heavy (non-hydrogen) atoms. The molecule has 696 valence electrons. The molecule has 0 aromatic heterocycles. The van der Waals surface area contributed by atoms with E-state index in [0.717, 1.165) is 17.6 Å².